The maximum Gasteiger partial charge on any atom is 0.254 e. The van der Waals surface area contributed by atoms with E-state index in [9.17, 15) is 9.18 Å². The lowest BCUT2D eigenvalue weighted by Crippen LogP contribution is -2.49. The van der Waals surface area contributed by atoms with Crippen molar-refractivity contribution in [2.75, 3.05) is 20.2 Å². The summed E-state index contributed by atoms with van der Waals surface area (Å²) in [6.45, 7) is 3.30. The summed E-state index contributed by atoms with van der Waals surface area (Å²) in [6, 6.07) is 13.2. The molecule has 2 heterocycles. The lowest BCUT2D eigenvalue weighted by molar-refractivity contribution is 0.0705. The molecule has 0 radical (unpaired) electrons. The first-order chi connectivity index (χ1) is 13.1. The number of hydrogen-bond donors (Lipinski definition) is 1. The molecular formula is C22H25FN2O2. The summed E-state index contributed by atoms with van der Waals surface area (Å²) in [5.74, 6) is 0.607. The highest BCUT2D eigenvalue weighted by molar-refractivity contribution is 5.95. The summed E-state index contributed by atoms with van der Waals surface area (Å²) in [5, 5.41) is 3.62. The van der Waals surface area contributed by atoms with Crippen molar-refractivity contribution in [3.63, 3.8) is 0 Å². The van der Waals surface area contributed by atoms with Gasteiger partial charge < -0.3 is 15.0 Å². The fourth-order valence-corrected chi connectivity index (χ4v) is 4.43. The Labute approximate surface area is 159 Å². The van der Waals surface area contributed by atoms with Crippen LogP contribution in [0.15, 0.2) is 42.5 Å². The van der Waals surface area contributed by atoms with Crippen LogP contribution in [-0.4, -0.2) is 43.1 Å². The molecule has 142 valence electrons. The van der Waals surface area contributed by atoms with Crippen molar-refractivity contribution < 1.29 is 13.9 Å². The van der Waals surface area contributed by atoms with Crippen LogP contribution in [0.4, 0.5) is 4.39 Å². The van der Waals surface area contributed by atoms with Crippen molar-refractivity contribution in [1.82, 2.24) is 10.2 Å². The molecule has 3 atom stereocenters. The molecule has 2 aromatic carbocycles. The second-order valence-corrected chi connectivity index (χ2v) is 7.49. The minimum absolute atomic E-state index is 0.0852. The number of likely N-dealkylation sites (tertiary alicyclic amines) is 1. The zero-order valence-electron chi connectivity index (χ0n) is 15.7. The number of carbonyl (C=O) groups excluding carboxylic acids is 1. The summed E-state index contributed by atoms with van der Waals surface area (Å²) < 4.78 is 19.4. The van der Waals surface area contributed by atoms with Crippen LogP contribution >= 0.6 is 0 Å². The van der Waals surface area contributed by atoms with Crippen LogP contribution in [0.3, 0.4) is 0 Å². The largest absolute Gasteiger partial charge is 0.497 e. The molecule has 2 aromatic rings. The first kappa shape index (κ1) is 18.0. The molecule has 0 spiro atoms. The molecule has 2 saturated heterocycles. The van der Waals surface area contributed by atoms with Crippen LogP contribution in [-0.2, 0) is 0 Å². The Morgan fingerprint density at radius 1 is 1.26 bits per heavy atom. The number of rotatable bonds is 3. The van der Waals surface area contributed by atoms with Gasteiger partial charge in [0.05, 0.1) is 7.11 Å². The molecule has 5 heteroatoms. The zero-order valence-corrected chi connectivity index (χ0v) is 15.7. The molecule has 0 bridgehead atoms. The van der Waals surface area contributed by atoms with Crippen molar-refractivity contribution >= 4 is 5.91 Å². The van der Waals surface area contributed by atoms with Gasteiger partial charge in [0.2, 0.25) is 0 Å². The molecular weight excluding hydrogens is 343 g/mol. The number of benzene rings is 2. The van der Waals surface area contributed by atoms with Crippen LogP contribution in [0.5, 0.6) is 5.75 Å². The van der Waals surface area contributed by atoms with E-state index in [4.69, 9.17) is 4.74 Å². The molecule has 27 heavy (non-hydrogen) atoms. The standard InChI is InChI=1S/C22H25FN2O2/c1-14-8-9-16(12-19(14)23)22(26)25-13-18(21-20(25)7-4-10-24-21)15-5-3-6-17(11-15)27-2/h3,5-6,8-9,11-12,18,20-21,24H,4,7,10,13H2,1-2H3/t18-,20-,21-/m1/s1. The van der Waals surface area contributed by atoms with Gasteiger partial charge >= 0.3 is 0 Å². The van der Waals surface area contributed by atoms with Gasteiger partial charge in [-0.3, -0.25) is 4.79 Å². The van der Waals surface area contributed by atoms with Crippen molar-refractivity contribution in [2.24, 2.45) is 0 Å². The summed E-state index contributed by atoms with van der Waals surface area (Å²) in [7, 11) is 1.66. The van der Waals surface area contributed by atoms with Crippen LogP contribution in [0.25, 0.3) is 0 Å². The fourth-order valence-electron chi connectivity index (χ4n) is 4.43. The van der Waals surface area contributed by atoms with Crippen molar-refractivity contribution in [1.29, 1.82) is 0 Å². The number of amides is 1. The number of aryl methyl sites for hydroxylation is 1. The topological polar surface area (TPSA) is 41.6 Å². The number of nitrogens with one attached hydrogen (secondary N) is 1. The molecule has 0 aromatic heterocycles. The minimum atomic E-state index is -0.331. The number of fused-ring (bicyclic) bond motifs is 1. The number of carbonyl (C=O) groups is 1. The summed E-state index contributed by atoms with van der Waals surface area (Å²) in [6.07, 6.45) is 2.01. The summed E-state index contributed by atoms with van der Waals surface area (Å²) >= 11 is 0. The van der Waals surface area contributed by atoms with Crippen LogP contribution in [0, 0.1) is 12.7 Å². The molecule has 4 rings (SSSR count). The zero-order chi connectivity index (χ0) is 19.0. The van der Waals surface area contributed by atoms with Crippen molar-refractivity contribution in [3.8, 4) is 5.75 Å². The van der Waals surface area contributed by atoms with Gasteiger partial charge in [-0.05, 0) is 61.7 Å². The van der Waals surface area contributed by atoms with E-state index in [1.807, 2.05) is 17.0 Å². The number of nitrogens with zero attached hydrogens (tertiary/aromatic N) is 1. The maximum atomic E-state index is 14.0. The second kappa shape index (κ2) is 7.31. The SMILES string of the molecule is COc1cccc([C@H]2CN(C(=O)c3ccc(C)c(F)c3)[C@@H]3CCCN[C@H]23)c1. The molecule has 2 aliphatic rings. The predicted octanol–water partition coefficient (Wildman–Crippen LogP) is 3.50. The molecule has 1 N–H and O–H groups in total. The maximum absolute atomic E-state index is 14.0. The van der Waals surface area contributed by atoms with E-state index in [2.05, 4.69) is 17.4 Å². The van der Waals surface area contributed by atoms with Crippen molar-refractivity contribution in [2.45, 2.75) is 37.8 Å². The third-order valence-corrected chi connectivity index (χ3v) is 5.90. The molecule has 0 aliphatic carbocycles. The molecule has 2 aliphatic heterocycles. The van der Waals surface area contributed by atoms with E-state index in [0.29, 0.717) is 17.7 Å². The van der Waals surface area contributed by atoms with E-state index in [1.165, 1.54) is 11.6 Å². The number of piperidine rings is 1. The van der Waals surface area contributed by atoms with Crippen LogP contribution in [0.1, 0.15) is 40.2 Å². The molecule has 0 saturated carbocycles. The third kappa shape index (κ3) is 3.32. The third-order valence-electron chi connectivity index (χ3n) is 5.90. The van der Waals surface area contributed by atoms with Crippen molar-refractivity contribution in [3.05, 3.63) is 65.0 Å². The Morgan fingerprint density at radius 3 is 2.89 bits per heavy atom. The number of methoxy groups -OCH3 is 1. The first-order valence-corrected chi connectivity index (χ1v) is 9.53. The fraction of sp³-hybridized carbons (Fsp3) is 0.409. The second-order valence-electron chi connectivity index (χ2n) is 7.49. The molecule has 0 unspecified atom stereocenters. The van der Waals surface area contributed by atoms with Gasteiger partial charge in [0.15, 0.2) is 0 Å². The first-order valence-electron chi connectivity index (χ1n) is 9.53. The Bertz CT molecular complexity index is 854. The van der Waals surface area contributed by atoms with E-state index >= 15 is 0 Å². The van der Waals surface area contributed by atoms with E-state index in [-0.39, 0.29) is 29.7 Å². The molecule has 4 nitrogen and oxygen atoms in total. The van der Waals surface area contributed by atoms with Gasteiger partial charge in [0, 0.05) is 30.1 Å². The highest BCUT2D eigenvalue weighted by atomic mass is 19.1. The Balaban J connectivity index is 1.65. The van der Waals surface area contributed by atoms with Gasteiger partial charge in [0.25, 0.3) is 5.91 Å². The van der Waals surface area contributed by atoms with E-state index in [0.717, 1.165) is 25.1 Å². The normalized spacial score (nSPS) is 24.6. The van der Waals surface area contributed by atoms with Gasteiger partial charge in [-0.15, -0.1) is 0 Å². The average molecular weight is 368 g/mol. The Hall–Kier alpha value is -2.40. The van der Waals surface area contributed by atoms with E-state index in [1.54, 1.807) is 26.2 Å². The number of ether oxygens (including phenoxy) is 1. The van der Waals surface area contributed by atoms with Crippen LogP contribution in [0.2, 0.25) is 0 Å². The smallest absolute Gasteiger partial charge is 0.254 e. The van der Waals surface area contributed by atoms with Gasteiger partial charge in [-0.25, -0.2) is 4.39 Å². The highest BCUT2D eigenvalue weighted by Crippen LogP contribution is 2.37. The Morgan fingerprint density at radius 2 is 2.11 bits per heavy atom. The van der Waals surface area contributed by atoms with Gasteiger partial charge in [-0.1, -0.05) is 18.2 Å². The number of hydrogen-bond acceptors (Lipinski definition) is 3. The predicted molar refractivity (Wildman–Crippen MR) is 103 cm³/mol. The molecule has 1 amide bonds. The lowest BCUT2D eigenvalue weighted by atomic mass is 9.87. The molecule has 2 fully saturated rings. The van der Waals surface area contributed by atoms with E-state index < -0.39 is 0 Å². The lowest BCUT2D eigenvalue weighted by Gasteiger charge is -2.33. The Kier molecular flexibility index (Phi) is 4.87. The van der Waals surface area contributed by atoms with Gasteiger partial charge in [0.1, 0.15) is 11.6 Å². The summed E-state index contributed by atoms with van der Waals surface area (Å²) in [4.78, 5) is 15.1. The summed E-state index contributed by atoms with van der Waals surface area (Å²) in [5.41, 5.74) is 2.15. The number of halogens is 1. The average Bonchev–Trinajstić information content (AvgIpc) is 3.09. The highest BCUT2D eigenvalue weighted by Gasteiger charge is 2.45. The van der Waals surface area contributed by atoms with Gasteiger partial charge in [-0.2, -0.15) is 0 Å². The monoisotopic (exact) mass is 368 g/mol. The van der Waals surface area contributed by atoms with Crippen LogP contribution < -0.4 is 10.1 Å². The minimum Gasteiger partial charge on any atom is -0.497 e. The quantitative estimate of drug-likeness (QED) is 0.902.